The highest BCUT2D eigenvalue weighted by atomic mass is 16.1. The Hall–Kier alpha value is -4.46. The van der Waals surface area contributed by atoms with E-state index in [-0.39, 0.29) is 5.91 Å². The normalized spacial score (nSPS) is 10.6. The maximum absolute atomic E-state index is 12.6. The molecule has 0 saturated heterocycles. The molecule has 0 saturated carbocycles. The van der Waals surface area contributed by atoms with E-state index < -0.39 is 0 Å². The van der Waals surface area contributed by atoms with Crippen molar-refractivity contribution in [1.29, 1.82) is 0 Å². The van der Waals surface area contributed by atoms with Crippen molar-refractivity contribution < 1.29 is 4.79 Å². The molecule has 4 N–H and O–H groups in total. The molecule has 0 bridgehead atoms. The van der Waals surface area contributed by atoms with Crippen molar-refractivity contribution in [1.82, 2.24) is 20.3 Å². The third-order valence-electron chi connectivity index (χ3n) is 5.96. The van der Waals surface area contributed by atoms with Gasteiger partial charge in [0.15, 0.2) is 0 Å². The number of nitrogens with zero attached hydrogens (tertiary/aromatic N) is 3. The minimum Gasteiger partial charge on any atom is -0.354 e. The summed E-state index contributed by atoms with van der Waals surface area (Å²) in [5.41, 5.74) is 4.48. The molecule has 8 heteroatoms. The highest BCUT2D eigenvalue weighted by Crippen LogP contribution is 2.20. The monoisotopic (exact) mass is 509 g/mol. The molecule has 8 nitrogen and oxygen atoms in total. The van der Waals surface area contributed by atoms with Crippen LogP contribution < -0.4 is 21.3 Å². The second-order valence-corrected chi connectivity index (χ2v) is 9.16. The van der Waals surface area contributed by atoms with Gasteiger partial charge in [-0.15, -0.1) is 0 Å². The van der Waals surface area contributed by atoms with Gasteiger partial charge in [-0.25, -0.2) is 0 Å². The summed E-state index contributed by atoms with van der Waals surface area (Å²) in [4.78, 5) is 26.2. The lowest BCUT2D eigenvalue weighted by Gasteiger charge is -2.12. The van der Waals surface area contributed by atoms with Crippen LogP contribution in [0.15, 0.2) is 78.9 Å². The number of rotatable bonds is 13. The molecule has 3 aromatic carbocycles. The van der Waals surface area contributed by atoms with Crippen molar-refractivity contribution >= 4 is 35.1 Å². The summed E-state index contributed by atoms with van der Waals surface area (Å²) >= 11 is 0. The third kappa shape index (κ3) is 8.30. The second-order valence-electron chi connectivity index (χ2n) is 9.16. The van der Waals surface area contributed by atoms with Gasteiger partial charge in [0.05, 0.1) is 0 Å². The van der Waals surface area contributed by atoms with Crippen molar-refractivity contribution in [3.8, 4) is 0 Å². The van der Waals surface area contributed by atoms with Crippen LogP contribution in [-0.2, 0) is 6.54 Å². The fourth-order valence-corrected chi connectivity index (χ4v) is 3.80. The van der Waals surface area contributed by atoms with Gasteiger partial charge < -0.3 is 21.3 Å². The first-order valence-electron chi connectivity index (χ1n) is 13.1. The zero-order valence-electron chi connectivity index (χ0n) is 22.0. The van der Waals surface area contributed by atoms with Crippen LogP contribution in [0.4, 0.5) is 29.2 Å². The molecule has 0 aliphatic carbocycles. The maximum Gasteiger partial charge on any atom is 0.251 e. The van der Waals surface area contributed by atoms with E-state index in [1.807, 2.05) is 73.7 Å². The minimum atomic E-state index is -0.125. The molecule has 0 atom stereocenters. The van der Waals surface area contributed by atoms with Gasteiger partial charge in [0, 0.05) is 30.0 Å². The Labute approximate surface area is 224 Å². The number of nitrogens with one attached hydrogen (secondary N) is 4. The number of carbonyl (C=O) groups excluding carboxylic acids is 1. The quantitative estimate of drug-likeness (QED) is 0.151. The Morgan fingerprint density at radius 1 is 0.711 bits per heavy atom. The van der Waals surface area contributed by atoms with E-state index in [1.54, 1.807) is 12.1 Å². The number of benzene rings is 3. The summed E-state index contributed by atoms with van der Waals surface area (Å²) < 4.78 is 0. The Balaban J connectivity index is 1.43. The van der Waals surface area contributed by atoms with Gasteiger partial charge in [-0.3, -0.25) is 4.79 Å². The van der Waals surface area contributed by atoms with Gasteiger partial charge in [0.1, 0.15) is 0 Å². The van der Waals surface area contributed by atoms with E-state index in [9.17, 15) is 4.79 Å². The van der Waals surface area contributed by atoms with Gasteiger partial charge in [-0.2, -0.15) is 15.0 Å². The van der Waals surface area contributed by atoms with Crippen molar-refractivity contribution in [2.45, 2.75) is 46.1 Å². The van der Waals surface area contributed by atoms with E-state index in [0.29, 0.717) is 30.0 Å². The number of carbonyl (C=O) groups is 1. The van der Waals surface area contributed by atoms with Crippen molar-refractivity contribution in [3.05, 3.63) is 95.6 Å². The minimum absolute atomic E-state index is 0.125. The molecular formula is C30H35N7O. The SMILES string of the molecule is CCCCCCNc1nc(Nc2ccc(C)cc2)nc(Nc2ccc(C(=O)NCc3ccccc3)cc2)n1. The van der Waals surface area contributed by atoms with E-state index in [4.69, 9.17) is 0 Å². The summed E-state index contributed by atoms with van der Waals surface area (Å²) in [6.07, 6.45) is 4.63. The summed E-state index contributed by atoms with van der Waals surface area (Å²) in [7, 11) is 0. The number of unbranched alkanes of at least 4 members (excludes halogenated alkanes) is 3. The number of aryl methyl sites for hydroxylation is 1. The van der Waals surface area contributed by atoms with Crippen LogP contribution >= 0.6 is 0 Å². The standard InChI is InChI=1S/C30H35N7O/c1-3-4-5-9-20-31-28-35-29(33-25-16-12-22(2)13-17-25)37-30(36-28)34-26-18-14-24(15-19-26)27(38)32-21-23-10-7-6-8-11-23/h6-8,10-19H,3-5,9,20-21H2,1-2H3,(H,32,38)(H3,31,33,34,35,36,37). The first-order chi connectivity index (χ1) is 18.6. The Kier molecular flexibility index (Phi) is 9.62. The van der Waals surface area contributed by atoms with Crippen LogP contribution in [0.5, 0.6) is 0 Å². The van der Waals surface area contributed by atoms with Crippen molar-refractivity contribution in [2.75, 3.05) is 22.5 Å². The summed E-state index contributed by atoms with van der Waals surface area (Å²) in [5, 5.41) is 12.8. The predicted molar refractivity (Wildman–Crippen MR) is 154 cm³/mol. The topological polar surface area (TPSA) is 104 Å². The van der Waals surface area contributed by atoms with Gasteiger partial charge in [-0.05, 0) is 55.3 Å². The molecule has 0 aliphatic rings. The van der Waals surface area contributed by atoms with Gasteiger partial charge in [-0.1, -0.05) is 74.2 Å². The van der Waals surface area contributed by atoms with Crippen molar-refractivity contribution in [2.24, 2.45) is 0 Å². The highest BCUT2D eigenvalue weighted by Gasteiger charge is 2.09. The Bertz CT molecular complexity index is 1290. The largest absolute Gasteiger partial charge is 0.354 e. The number of amides is 1. The van der Waals surface area contributed by atoms with E-state index >= 15 is 0 Å². The first kappa shape index (κ1) is 26.6. The van der Waals surface area contributed by atoms with E-state index in [0.717, 1.165) is 29.9 Å². The van der Waals surface area contributed by atoms with Crippen LogP contribution in [0.25, 0.3) is 0 Å². The van der Waals surface area contributed by atoms with E-state index in [2.05, 4.69) is 43.1 Å². The zero-order chi connectivity index (χ0) is 26.6. The molecule has 0 aliphatic heterocycles. The molecule has 0 spiro atoms. The fourth-order valence-electron chi connectivity index (χ4n) is 3.80. The maximum atomic E-state index is 12.6. The van der Waals surface area contributed by atoms with Crippen LogP contribution in [-0.4, -0.2) is 27.4 Å². The molecule has 0 unspecified atom stereocenters. The summed E-state index contributed by atoms with van der Waals surface area (Å²) in [6, 6.07) is 25.1. The number of hydrogen-bond donors (Lipinski definition) is 4. The lowest BCUT2D eigenvalue weighted by atomic mass is 10.2. The lowest BCUT2D eigenvalue weighted by Crippen LogP contribution is -2.22. The van der Waals surface area contributed by atoms with E-state index in [1.165, 1.54) is 24.8 Å². The zero-order valence-corrected chi connectivity index (χ0v) is 22.0. The Morgan fingerprint density at radius 3 is 1.95 bits per heavy atom. The highest BCUT2D eigenvalue weighted by molar-refractivity contribution is 5.94. The molecule has 1 aromatic heterocycles. The van der Waals surface area contributed by atoms with Crippen molar-refractivity contribution in [3.63, 3.8) is 0 Å². The van der Waals surface area contributed by atoms with Gasteiger partial charge >= 0.3 is 0 Å². The molecule has 4 rings (SSSR count). The molecule has 0 radical (unpaired) electrons. The van der Waals surface area contributed by atoms with Gasteiger partial charge in [0.2, 0.25) is 17.8 Å². The molecule has 4 aromatic rings. The molecule has 1 amide bonds. The lowest BCUT2D eigenvalue weighted by molar-refractivity contribution is 0.0951. The van der Waals surface area contributed by atoms with Crippen LogP contribution in [0.2, 0.25) is 0 Å². The second kappa shape index (κ2) is 13.7. The smallest absolute Gasteiger partial charge is 0.251 e. The predicted octanol–water partition coefficient (Wildman–Crippen LogP) is 6.59. The first-order valence-corrected chi connectivity index (χ1v) is 13.1. The summed E-state index contributed by atoms with van der Waals surface area (Å²) in [6.45, 7) is 5.52. The molecule has 1 heterocycles. The average molecular weight is 510 g/mol. The molecule has 38 heavy (non-hydrogen) atoms. The van der Waals surface area contributed by atoms with Crippen LogP contribution in [0.1, 0.15) is 54.1 Å². The summed E-state index contributed by atoms with van der Waals surface area (Å²) in [5.74, 6) is 1.23. The number of anilines is 5. The Morgan fingerprint density at radius 2 is 1.32 bits per heavy atom. The third-order valence-corrected chi connectivity index (χ3v) is 5.96. The van der Waals surface area contributed by atoms with Crippen LogP contribution in [0.3, 0.4) is 0 Å². The van der Waals surface area contributed by atoms with Gasteiger partial charge in [0.25, 0.3) is 5.91 Å². The molecule has 0 fully saturated rings. The average Bonchev–Trinajstić information content (AvgIpc) is 2.94. The number of hydrogen-bond acceptors (Lipinski definition) is 7. The number of aromatic nitrogens is 3. The fraction of sp³-hybridized carbons (Fsp3) is 0.267. The van der Waals surface area contributed by atoms with Crippen LogP contribution in [0, 0.1) is 6.92 Å². The molecular weight excluding hydrogens is 474 g/mol. The molecule has 196 valence electrons.